The van der Waals surface area contributed by atoms with Crippen molar-refractivity contribution in [3.8, 4) is 0 Å². The molecule has 0 fully saturated rings. The SMILES string of the molecule is CBr.CN(C(=O)O)c1ccccc1. The van der Waals surface area contributed by atoms with E-state index in [4.69, 9.17) is 5.11 Å². The zero-order valence-electron chi connectivity index (χ0n) is 7.57. The van der Waals surface area contributed by atoms with E-state index in [0.29, 0.717) is 5.69 Å². The predicted molar refractivity (Wildman–Crippen MR) is 57.7 cm³/mol. The number of halogens is 1. The number of nitrogens with zero attached hydrogens (tertiary/aromatic N) is 1. The number of hydrogen-bond acceptors (Lipinski definition) is 1. The normalized spacial score (nSPS) is 8.23. The number of hydrogen-bond donors (Lipinski definition) is 1. The van der Waals surface area contributed by atoms with Gasteiger partial charge in [0.05, 0.1) is 0 Å². The molecular formula is C9H12BrNO2. The van der Waals surface area contributed by atoms with Crippen molar-refractivity contribution in [3.05, 3.63) is 30.3 Å². The molecule has 0 spiro atoms. The van der Waals surface area contributed by atoms with Crippen LogP contribution in [-0.4, -0.2) is 24.1 Å². The van der Waals surface area contributed by atoms with Crippen molar-refractivity contribution < 1.29 is 9.90 Å². The lowest BCUT2D eigenvalue weighted by atomic mass is 10.3. The lowest BCUT2D eigenvalue weighted by molar-refractivity contribution is 0.203. The number of para-hydroxylation sites is 1. The molecule has 13 heavy (non-hydrogen) atoms. The van der Waals surface area contributed by atoms with E-state index in [1.807, 2.05) is 11.9 Å². The van der Waals surface area contributed by atoms with Gasteiger partial charge in [0.25, 0.3) is 0 Å². The number of rotatable bonds is 1. The van der Waals surface area contributed by atoms with Crippen LogP contribution >= 0.6 is 15.9 Å². The fraction of sp³-hybridized carbons (Fsp3) is 0.222. The average molecular weight is 246 g/mol. The fourth-order valence-corrected chi connectivity index (χ4v) is 0.762. The van der Waals surface area contributed by atoms with E-state index in [0.717, 1.165) is 0 Å². The van der Waals surface area contributed by atoms with E-state index < -0.39 is 6.09 Å². The summed E-state index contributed by atoms with van der Waals surface area (Å²) >= 11 is 2.94. The summed E-state index contributed by atoms with van der Waals surface area (Å²) in [5, 5.41) is 8.56. The second kappa shape index (κ2) is 6.48. The van der Waals surface area contributed by atoms with Crippen molar-refractivity contribution in [1.29, 1.82) is 0 Å². The standard InChI is InChI=1S/C8H9NO2.CH3Br/c1-9(8(10)11)7-5-3-2-4-6-7;1-2/h2-6H,1H3,(H,10,11);1H3. The summed E-state index contributed by atoms with van der Waals surface area (Å²) in [7, 11) is 1.51. The van der Waals surface area contributed by atoms with Crippen molar-refractivity contribution in [2.24, 2.45) is 0 Å². The number of anilines is 1. The minimum absolute atomic E-state index is 0.681. The molecule has 1 N–H and O–H groups in total. The molecule has 4 heteroatoms. The maximum atomic E-state index is 10.4. The van der Waals surface area contributed by atoms with E-state index >= 15 is 0 Å². The molecule has 72 valence electrons. The van der Waals surface area contributed by atoms with E-state index in [1.165, 1.54) is 11.9 Å². The van der Waals surface area contributed by atoms with Gasteiger partial charge in [-0.1, -0.05) is 34.1 Å². The molecular weight excluding hydrogens is 234 g/mol. The van der Waals surface area contributed by atoms with E-state index in [-0.39, 0.29) is 0 Å². The number of alkyl halides is 1. The van der Waals surface area contributed by atoms with Crippen LogP contribution in [0.4, 0.5) is 10.5 Å². The van der Waals surface area contributed by atoms with Gasteiger partial charge in [0.15, 0.2) is 0 Å². The molecule has 1 aromatic rings. The smallest absolute Gasteiger partial charge is 0.411 e. The van der Waals surface area contributed by atoms with Crippen molar-refractivity contribution >= 4 is 27.7 Å². The third-order valence-electron chi connectivity index (χ3n) is 1.43. The van der Waals surface area contributed by atoms with Crippen LogP contribution in [0.5, 0.6) is 0 Å². The third kappa shape index (κ3) is 3.94. The first-order chi connectivity index (χ1) is 6.22. The van der Waals surface area contributed by atoms with Crippen LogP contribution in [0, 0.1) is 0 Å². The highest BCUT2D eigenvalue weighted by Gasteiger charge is 2.05. The van der Waals surface area contributed by atoms with Crippen molar-refractivity contribution in [1.82, 2.24) is 0 Å². The Balaban J connectivity index is 0.000000671. The van der Waals surface area contributed by atoms with Gasteiger partial charge in [0.1, 0.15) is 0 Å². The summed E-state index contributed by atoms with van der Waals surface area (Å²) < 4.78 is 0. The lowest BCUT2D eigenvalue weighted by Gasteiger charge is -2.11. The molecule has 0 aliphatic carbocycles. The predicted octanol–water partition coefficient (Wildman–Crippen LogP) is 2.81. The molecule has 0 radical (unpaired) electrons. The molecule has 0 atom stereocenters. The zero-order valence-corrected chi connectivity index (χ0v) is 9.15. The molecule has 0 unspecified atom stereocenters. The first-order valence-corrected chi connectivity index (χ1v) is 5.20. The first kappa shape index (κ1) is 12.0. The Morgan fingerprint density at radius 3 is 2.15 bits per heavy atom. The fourth-order valence-electron chi connectivity index (χ4n) is 0.762. The van der Waals surface area contributed by atoms with Gasteiger partial charge in [-0.25, -0.2) is 4.79 Å². The van der Waals surface area contributed by atoms with Crippen LogP contribution in [0.25, 0.3) is 0 Å². The van der Waals surface area contributed by atoms with Crippen LogP contribution < -0.4 is 4.90 Å². The average Bonchev–Trinajstić information content (AvgIpc) is 2.21. The summed E-state index contributed by atoms with van der Waals surface area (Å²) in [6.45, 7) is 0. The molecule has 1 aromatic carbocycles. The Morgan fingerprint density at radius 2 is 1.77 bits per heavy atom. The second-order valence-electron chi connectivity index (χ2n) is 2.18. The number of carbonyl (C=O) groups is 1. The number of carboxylic acid groups (broad SMARTS) is 1. The summed E-state index contributed by atoms with van der Waals surface area (Å²) in [5.41, 5.74) is 0.681. The van der Waals surface area contributed by atoms with E-state index in [9.17, 15) is 4.79 Å². The Kier molecular flexibility index (Phi) is 5.97. The highest BCUT2D eigenvalue weighted by atomic mass is 79.9. The maximum absolute atomic E-state index is 10.4. The van der Waals surface area contributed by atoms with Gasteiger partial charge >= 0.3 is 6.09 Å². The van der Waals surface area contributed by atoms with Crippen LogP contribution in [-0.2, 0) is 0 Å². The summed E-state index contributed by atoms with van der Waals surface area (Å²) in [5.74, 6) is 1.81. The molecule has 0 aliphatic rings. The molecule has 3 nitrogen and oxygen atoms in total. The maximum Gasteiger partial charge on any atom is 0.411 e. The van der Waals surface area contributed by atoms with E-state index in [2.05, 4.69) is 15.9 Å². The van der Waals surface area contributed by atoms with Crippen LogP contribution in [0.1, 0.15) is 0 Å². The van der Waals surface area contributed by atoms with Crippen LogP contribution in [0.2, 0.25) is 0 Å². The second-order valence-corrected chi connectivity index (χ2v) is 2.18. The van der Waals surface area contributed by atoms with Gasteiger partial charge in [-0.05, 0) is 18.0 Å². The van der Waals surface area contributed by atoms with Gasteiger partial charge in [-0.15, -0.1) is 0 Å². The van der Waals surface area contributed by atoms with Gasteiger partial charge in [0.2, 0.25) is 0 Å². The number of benzene rings is 1. The van der Waals surface area contributed by atoms with Crippen LogP contribution in [0.15, 0.2) is 30.3 Å². The quantitative estimate of drug-likeness (QED) is 0.774. The Morgan fingerprint density at radius 1 is 1.31 bits per heavy atom. The minimum Gasteiger partial charge on any atom is -0.465 e. The highest BCUT2D eigenvalue weighted by Crippen LogP contribution is 2.10. The van der Waals surface area contributed by atoms with Crippen molar-refractivity contribution in [3.63, 3.8) is 0 Å². The number of amides is 1. The Labute approximate surface area is 86.1 Å². The summed E-state index contributed by atoms with van der Waals surface area (Å²) in [4.78, 5) is 11.6. The van der Waals surface area contributed by atoms with Crippen LogP contribution in [0.3, 0.4) is 0 Å². The van der Waals surface area contributed by atoms with Crippen molar-refractivity contribution in [2.45, 2.75) is 0 Å². The molecule has 0 saturated carbocycles. The van der Waals surface area contributed by atoms with Gasteiger partial charge in [-0.2, -0.15) is 0 Å². The molecule has 0 heterocycles. The Bertz CT molecular complexity index is 251. The van der Waals surface area contributed by atoms with E-state index in [1.54, 1.807) is 24.3 Å². The molecule has 1 rings (SSSR count). The highest BCUT2D eigenvalue weighted by molar-refractivity contribution is 9.08. The summed E-state index contributed by atoms with van der Waals surface area (Å²) in [6.07, 6.45) is -0.948. The molecule has 0 aliphatic heterocycles. The Hall–Kier alpha value is -1.03. The van der Waals surface area contributed by atoms with Gasteiger partial charge < -0.3 is 5.11 Å². The van der Waals surface area contributed by atoms with Gasteiger partial charge in [-0.3, -0.25) is 4.90 Å². The summed E-state index contributed by atoms with van der Waals surface area (Å²) in [6, 6.07) is 8.94. The molecule has 1 amide bonds. The molecule has 0 bridgehead atoms. The van der Waals surface area contributed by atoms with Gasteiger partial charge in [0, 0.05) is 12.7 Å². The minimum atomic E-state index is -0.948. The zero-order chi connectivity index (χ0) is 10.3. The largest absolute Gasteiger partial charge is 0.465 e. The third-order valence-corrected chi connectivity index (χ3v) is 1.43. The monoisotopic (exact) mass is 245 g/mol. The molecule has 0 saturated heterocycles. The lowest BCUT2D eigenvalue weighted by Crippen LogP contribution is -2.23. The van der Waals surface area contributed by atoms with Crippen molar-refractivity contribution in [2.75, 3.05) is 17.8 Å². The molecule has 0 aromatic heterocycles. The first-order valence-electron chi connectivity index (χ1n) is 3.61. The topological polar surface area (TPSA) is 40.5 Å².